The molecular weight excluding hydrogens is 299 g/mol. The van der Waals surface area contributed by atoms with E-state index in [2.05, 4.69) is 10.1 Å². The van der Waals surface area contributed by atoms with E-state index in [0.717, 1.165) is 16.8 Å². The normalized spacial score (nSPS) is 11.7. The van der Waals surface area contributed by atoms with E-state index < -0.39 is 23.5 Å². The number of aromatic nitrogens is 3. The number of aryl methyl sites for hydroxylation is 1. The van der Waals surface area contributed by atoms with Crippen LogP contribution in [-0.2, 0) is 6.18 Å². The molecule has 1 aromatic carbocycles. The molecule has 0 amide bonds. The Morgan fingerprint density at radius 3 is 2.50 bits per heavy atom. The average Bonchev–Trinajstić information content (AvgIpc) is 2.69. The van der Waals surface area contributed by atoms with E-state index in [1.54, 1.807) is 0 Å². The van der Waals surface area contributed by atoms with Crippen LogP contribution in [-0.4, -0.2) is 25.8 Å². The molecule has 0 aliphatic heterocycles. The Morgan fingerprint density at radius 2 is 2.00 bits per heavy atom. The second-order valence-corrected chi connectivity index (χ2v) is 4.33. The molecule has 0 saturated heterocycles. The molecule has 0 fully saturated rings. The third-order valence-corrected chi connectivity index (χ3v) is 2.63. The van der Waals surface area contributed by atoms with E-state index in [1.807, 2.05) is 0 Å². The van der Waals surface area contributed by atoms with Gasteiger partial charge in [-0.15, -0.1) is 5.10 Å². The van der Waals surface area contributed by atoms with Gasteiger partial charge in [-0.1, -0.05) is 11.6 Å². The van der Waals surface area contributed by atoms with Gasteiger partial charge in [-0.3, -0.25) is 0 Å². The maximum atomic E-state index is 12.7. The lowest BCUT2D eigenvalue weighted by Crippen LogP contribution is -2.08. The van der Waals surface area contributed by atoms with Crippen molar-refractivity contribution in [2.75, 3.05) is 0 Å². The average molecular weight is 306 g/mol. The Hall–Kier alpha value is -2.09. The first-order valence-corrected chi connectivity index (χ1v) is 5.61. The largest absolute Gasteiger partial charge is 0.475 e. The predicted molar refractivity (Wildman–Crippen MR) is 63.1 cm³/mol. The van der Waals surface area contributed by atoms with Crippen LogP contribution < -0.4 is 0 Å². The summed E-state index contributed by atoms with van der Waals surface area (Å²) in [6.07, 6.45) is -4.57. The van der Waals surface area contributed by atoms with Crippen molar-refractivity contribution in [3.05, 3.63) is 40.4 Å². The summed E-state index contributed by atoms with van der Waals surface area (Å²) in [4.78, 5) is 14.4. The van der Waals surface area contributed by atoms with Gasteiger partial charge in [0.1, 0.15) is 5.82 Å². The van der Waals surface area contributed by atoms with Crippen molar-refractivity contribution in [3.8, 4) is 5.69 Å². The van der Waals surface area contributed by atoms with Crippen molar-refractivity contribution in [1.29, 1.82) is 0 Å². The van der Waals surface area contributed by atoms with Crippen LogP contribution in [0, 0.1) is 6.92 Å². The highest BCUT2D eigenvalue weighted by Crippen LogP contribution is 2.32. The second kappa shape index (κ2) is 4.78. The zero-order chi connectivity index (χ0) is 15.1. The zero-order valence-electron chi connectivity index (χ0n) is 9.94. The minimum absolute atomic E-state index is 0.0117. The maximum Gasteiger partial charge on any atom is 0.416 e. The van der Waals surface area contributed by atoms with E-state index in [9.17, 15) is 18.0 Å². The number of hydrogen-bond acceptors (Lipinski definition) is 3. The summed E-state index contributed by atoms with van der Waals surface area (Å²) in [5.74, 6) is -1.74. The number of rotatable bonds is 2. The van der Waals surface area contributed by atoms with Crippen LogP contribution in [0.1, 0.15) is 22.0 Å². The molecule has 1 N–H and O–H groups in total. The molecule has 0 spiro atoms. The Balaban J connectivity index is 2.58. The molecule has 0 unspecified atom stereocenters. The van der Waals surface area contributed by atoms with Crippen LogP contribution in [0.2, 0.25) is 5.02 Å². The molecule has 2 rings (SSSR count). The van der Waals surface area contributed by atoms with Crippen molar-refractivity contribution in [3.63, 3.8) is 0 Å². The summed E-state index contributed by atoms with van der Waals surface area (Å²) in [7, 11) is 0. The molecule has 9 heteroatoms. The second-order valence-electron chi connectivity index (χ2n) is 3.90. The predicted octanol–water partition coefficient (Wildman–Crippen LogP) is 2.95. The molecule has 5 nitrogen and oxygen atoms in total. The van der Waals surface area contributed by atoms with E-state index in [0.29, 0.717) is 0 Å². The van der Waals surface area contributed by atoms with Gasteiger partial charge < -0.3 is 5.11 Å². The highest BCUT2D eigenvalue weighted by Gasteiger charge is 2.31. The number of nitrogens with zero attached hydrogens (tertiary/aromatic N) is 3. The standard InChI is InChI=1S/C11H7ClF3N3O2/c1-5-16-9(10(19)20)17-18(5)8-3-6(11(13,14)15)2-7(12)4-8/h2-4H,1H3,(H,19,20). The fraction of sp³-hybridized carbons (Fsp3) is 0.182. The number of benzene rings is 1. The lowest BCUT2D eigenvalue weighted by molar-refractivity contribution is -0.137. The van der Waals surface area contributed by atoms with Crippen molar-refractivity contribution in [2.45, 2.75) is 13.1 Å². The molecule has 0 saturated carbocycles. The maximum absolute atomic E-state index is 12.7. The smallest absolute Gasteiger partial charge is 0.416 e. The molecule has 0 atom stereocenters. The lowest BCUT2D eigenvalue weighted by Gasteiger charge is -2.10. The third kappa shape index (κ3) is 2.74. The number of halogens is 4. The third-order valence-electron chi connectivity index (χ3n) is 2.41. The van der Waals surface area contributed by atoms with E-state index in [1.165, 1.54) is 13.0 Å². The van der Waals surface area contributed by atoms with Gasteiger partial charge in [-0.05, 0) is 25.1 Å². The monoisotopic (exact) mass is 305 g/mol. The van der Waals surface area contributed by atoms with Crippen LogP contribution in [0.3, 0.4) is 0 Å². The van der Waals surface area contributed by atoms with Gasteiger partial charge in [-0.25, -0.2) is 14.5 Å². The fourth-order valence-electron chi connectivity index (χ4n) is 1.59. The van der Waals surface area contributed by atoms with Crippen LogP contribution in [0.5, 0.6) is 0 Å². The van der Waals surface area contributed by atoms with E-state index in [4.69, 9.17) is 16.7 Å². The highest BCUT2D eigenvalue weighted by atomic mass is 35.5. The SMILES string of the molecule is Cc1nc(C(=O)O)nn1-c1cc(Cl)cc(C(F)(F)F)c1. The van der Waals surface area contributed by atoms with Crippen molar-refractivity contribution >= 4 is 17.6 Å². The van der Waals surface area contributed by atoms with Gasteiger partial charge in [0.05, 0.1) is 11.3 Å². The van der Waals surface area contributed by atoms with Crippen LogP contribution in [0.15, 0.2) is 18.2 Å². The zero-order valence-corrected chi connectivity index (χ0v) is 10.7. The Kier molecular flexibility index (Phi) is 3.43. The van der Waals surface area contributed by atoms with Gasteiger partial charge in [0.25, 0.3) is 5.82 Å². The summed E-state index contributed by atoms with van der Waals surface area (Å²) in [5.41, 5.74) is -0.964. The number of carboxylic acids is 1. The lowest BCUT2D eigenvalue weighted by atomic mass is 10.2. The van der Waals surface area contributed by atoms with Crippen molar-refractivity contribution in [2.24, 2.45) is 0 Å². The summed E-state index contributed by atoms with van der Waals surface area (Å²) in [6, 6.07) is 2.83. The van der Waals surface area contributed by atoms with Gasteiger partial charge >= 0.3 is 12.1 Å². The first kappa shape index (κ1) is 14.3. The Bertz CT molecular complexity index is 682. The molecule has 0 aliphatic carbocycles. The van der Waals surface area contributed by atoms with Crippen LogP contribution in [0.25, 0.3) is 5.69 Å². The summed E-state index contributed by atoms with van der Waals surface area (Å²) < 4.78 is 39.1. The molecule has 0 bridgehead atoms. The van der Waals surface area contributed by atoms with Crippen molar-refractivity contribution in [1.82, 2.24) is 14.8 Å². The topological polar surface area (TPSA) is 68.0 Å². The summed E-state index contributed by atoms with van der Waals surface area (Å²) in [6.45, 7) is 1.42. The van der Waals surface area contributed by atoms with Gasteiger partial charge in [0.2, 0.25) is 0 Å². The van der Waals surface area contributed by atoms with Crippen molar-refractivity contribution < 1.29 is 23.1 Å². The first-order chi connectivity index (χ1) is 9.18. The molecular formula is C11H7ClF3N3O2. The number of aromatic carboxylic acids is 1. The molecule has 1 aromatic heterocycles. The molecule has 2 aromatic rings. The molecule has 0 radical (unpaired) electrons. The minimum Gasteiger partial charge on any atom is -0.475 e. The molecule has 106 valence electrons. The van der Waals surface area contributed by atoms with E-state index in [-0.39, 0.29) is 16.5 Å². The van der Waals surface area contributed by atoms with Gasteiger partial charge in [0, 0.05) is 5.02 Å². The first-order valence-electron chi connectivity index (χ1n) is 5.23. The number of hydrogen-bond donors (Lipinski definition) is 1. The quantitative estimate of drug-likeness (QED) is 0.926. The van der Waals surface area contributed by atoms with Crippen LogP contribution >= 0.6 is 11.6 Å². The number of carbonyl (C=O) groups is 1. The van der Waals surface area contributed by atoms with Gasteiger partial charge in [0.15, 0.2) is 0 Å². The number of alkyl halides is 3. The fourth-order valence-corrected chi connectivity index (χ4v) is 1.81. The summed E-state index contributed by atoms with van der Waals surface area (Å²) in [5, 5.41) is 12.2. The van der Waals surface area contributed by atoms with E-state index >= 15 is 0 Å². The molecule has 20 heavy (non-hydrogen) atoms. The Labute approximate surface area is 115 Å². The molecule has 0 aliphatic rings. The molecule has 1 heterocycles. The Morgan fingerprint density at radius 1 is 1.35 bits per heavy atom. The van der Waals surface area contributed by atoms with Crippen LogP contribution in [0.4, 0.5) is 13.2 Å². The minimum atomic E-state index is -4.57. The number of carboxylic acid groups (broad SMARTS) is 1. The summed E-state index contributed by atoms with van der Waals surface area (Å²) >= 11 is 5.65. The van der Waals surface area contributed by atoms with Gasteiger partial charge in [-0.2, -0.15) is 13.2 Å². The highest BCUT2D eigenvalue weighted by molar-refractivity contribution is 6.30.